The Bertz CT molecular complexity index is 383. The van der Waals surface area contributed by atoms with E-state index in [2.05, 4.69) is 0 Å². The molecule has 1 rings (SSSR count). The summed E-state index contributed by atoms with van der Waals surface area (Å²) >= 11 is 0. The summed E-state index contributed by atoms with van der Waals surface area (Å²) in [4.78, 5) is 11.7. The number of carbonyl (C=O) groups excluding carboxylic acids is 1. The molecular formula is C12H20O4S. The van der Waals surface area contributed by atoms with Gasteiger partial charge >= 0.3 is 0 Å². The van der Waals surface area contributed by atoms with Gasteiger partial charge in [-0.1, -0.05) is 18.6 Å². The van der Waals surface area contributed by atoms with Crippen LogP contribution in [0.5, 0.6) is 0 Å². The lowest BCUT2D eigenvalue weighted by Crippen LogP contribution is -2.31. The van der Waals surface area contributed by atoms with Crippen LogP contribution in [0.1, 0.15) is 25.7 Å². The molecule has 0 amide bonds. The van der Waals surface area contributed by atoms with Gasteiger partial charge in [0.1, 0.15) is 5.78 Å². The lowest BCUT2D eigenvalue weighted by Gasteiger charge is -2.25. The fourth-order valence-corrected chi connectivity index (χ4v) is 2.56. The molecule has 4 nitrogen and oxygen atoms in total. The van der Waals surface area contributed by atoms with Crippen LogP contribution in [0.4, 0.5) is 0 Å². The minimum atomic E-state index is -3.00. The highest BCUT2D eigenvalue weighted by atomic mass is 32.2. The third-order valence-corrected chi connectivity index (χ3v) is 3.79. The van der Waals surface area contributed by atoms with E-state index in [-0.39, 0.29) is 23.6 Å². The van der Waals surface area contributed by atoms with Gasteiger partial charge in [0.25, 0.3) is 0 Å². The molecule has 1 saturated carbocycles. The third-order valence-electron chi connectivity index (χ3n) is 3.00. The first-order chi connectivity index (χ1) is 7.94. The van der Waals surface area contributed by atoms with Crippen molar-refractivity contribution < 1.29 is 17.9 Å². The molecule has 0 N–H and O–H groups in total. The molecule has 1 aliphatic carbocycles. The summed E-state index contributed by atoms with van der Waals surface area (Å²) in [6.45, 7) is 0. The van der Waals surface area contributed by atoms with E-state index in [4.69, 9.17) is 4.74 Å². The number of sulfone groups is 1. The summed E-state index contributed by atoms with van der Waals surface area (Å²) in [6, 6.07) is 0. The molecular weight excluding hydrogens is 240 g/mol. The van der Waals surface area contributed by atoms with Gasteiger partial charge in [0.2, 0.25) is 0 Å². The van der Waals surface area contributed by atoms with E-state index in [1.54, 1.807) is 19.3 Å². The number of Topliss-reactive ketones (excluding diaryl/α,β-unsaturated/α-hetero) is 1. The molecule has 1 aliphatic rings. The van der Waals surface area contributed by atoms with Gasteiger partial charge in [-0.25, -0.2) is 8.42 Å². The predicted octanol–water partition coefficient (Wildman–Crippen LogP) is 1.36. The maximum absolute atomic E-state index is 11.7. The Labute approximate surface area is 103 Å². The molecule has 0 aliphatic heterocycles. The topological polar surface area (TPSA) is 60.4 Å². The van der Waals surface area contributed by atoms with Crippen molar-refractivity contribution in [3.05, 3.63) is 12.2 Å². The summed E-state index contributed by atoms with van der Waals surface area (Å²) in [6.07, 6.45) is 7.62. The fourth-order valence-electron chi connectivity index (χ4n) is 2.10. The van der Waals surface area contributed by atoms with E-state index >= 15 is 0 Å². The van der Waals surface area contributed by atoms with Crippen LogP contribution >= 0.6 is 0 Å². The van der Waals surface area contributed by atoms with Crippen LogP contribution in [0.2, 0.25) is 0 Å². The second kappa shape index (κ2) is 6.31. The lowest BCUT2D eigenvalue weighted by molar-refractivity contribution is -0.128. The van der Waals surface area contributed by atoms with Gasteiger partial charge in [-0.3, -0.25) is 4.79 Å². The first kappa shape index (κ1) is 14.4. The summed E-state index contributed by atoms with van der Waals surface area (Å²) in [5.41, 5.74) is 0. The van der Waals surface area contributed by atoms with E-state index in [0.29, 0.717) is 6.42 Å². The van der Waals surface area contributed by atoms with Crippen molar-refractivity contribution in [3.8, 4) is 0 Å². The number of ketones is 1. The van der Waals surface area contributed by atoms with Crippen molar-refractivity contribution in [3.63, 3.8) is 0 Å². The Kier molecular flexibility index (Phi) is 5.33. The van der Waals surface area contributed by atoms with Gasteiger partial charge in [-0.05, 0) is 12.8 Å². The maximum atomic E-state index is 11.7. The molecule has 0 aromatic rings. The van der Waals surface area contributed by atoms with Crippen molar-refractivity contribution in [1.29, 1.82) is 0 Å². The minimum Gasteiger partial charge on any atom is -0.377 e. The highest BCUT2D eigenvalue weighted by Gasteiger charge is 2.28. The molecule has 98 valence electrons. The largest absolute Gasteiger partial charge is 0.377 e. The predicted molar refractivity (Wildman–Crippen MR) is 66.6 cm³/mol. The zero-order valence-electron chi connectivity index (χ0n) is 10.4. The average Bonchev–Trinajstić information content (AvgIpc) is 2.24. The second-order valence-electron chi connectivity index (χ2n) is 4.54. The SMILES string of the molecule is CO[C@@H](/C=C\CS(C)(=O)=O)[C@H]1CCCCC1=O. The molecule has 0 aromatic carbocycles. The average molecular weight is 260 g/mol. The van der Waals surface area contributed by atoms with Crippen LogP contribution in [0.15, 0.2) is 12.2 Å². The Morgan fingerprint density at radius 1 is 1.47 bits per heavy atom. The third kappa shape index (κ3) is 5.00. The van der Waals surface area contributed by atoms with E-state index in [0.717, 1.165) is 19.3 Å². The van der Waals surface area contributed by atoms with Gasteiger partial charge < -0.3 is 4.74 Å². The van der Waals surface area contributed by atoms with Gasteiger partial charge in [0, 0.05) is 25.7 Å². The molecule has 0 aromatic heterocycles. The molecule has 0 spiro atoms. The van der Waals surface area contributed by atoms with Crippen LogP contribution in [-0.4, -0.2) is 39.4 Å². The Morgan fingerprint density at radius 3 is 2.71 bits per heavy atom. The first-order valence-electron chi connectivity index (χ1n) is 5.84. The van der Waals surface area contributed by atoms with Crippen molar-refractivity contribution in [2.45, 2.75) is 31.8 Å². The molecule has 2 atom stereocenters. The van der Waals surface area contributed by atoms with Gasteiger partial charge in [-0.2, -0.15) is 0 Å². The molecule has 17 heavy (non-hydrogen) atoms. The van der Waals surface area contributed by atoms with Crippen LogP contribution < -0.4 is 0 Å². The minimum absolute atomic E-state index is 0.00618. The normalized spacial score (nSPS) is 24.1. The number of rotatable bonds is 5. The van der Waals surface area contributed by atoms with E-state index < -0.39 is 9.84 Å². The summed E-state index contributed by atoms with van der Waals surface area (Å²) in [7, 11) is -1.45. The van der Waals surface area contributed by atoms with E-state index in [1.165, 1.54) is 6.26 Å². The van der Waals surface area contributed by atoms with Crippen LogP contribution in [0.25, 0.3) is 0 Å². The number of carbonyl (C=O) groups is 1. The standard InChI is InChI=1S/C12H20O4S/c1-16-12(8-5-9-17(2,14)15)10-6-3-4-7-11(10)13/h5,8,10,12H,3-4,6-7,9H2,1-2H3/b8-5-/t10-,12-/m0/s1. The Morgan fingerprint density at radius 2 is 2.18 bits per heavy atom. The quantitative estimate of drug-likeness (QED) is 0.700. The van der Waals surface area contributed by atoms with E-state index in [1.807, 2.05) is 0 Å². The number of hydrogen-bond donors (Lipinski definition) is 0. The summed E-state index contributed by atoms with van der Waals surface area (Å²) in [5.74, 6) is 0.116. The lowest BCUT2D eigenvalue weighted by atomic mass is 9.84. The first-order valence-corrected chi connectivity index (χ1v) is 7.90. The smallest absolute Gasteiger partial charge is 0.150 e. The van der Waals surface area contributed by atoms with Crippen molar-refractivity contribution >= 4 is 15.6 Å². The Hall–Kier alpha value is -0.680. The monoisotopic (exact) mass is 260 g/mol. The van der Waals surface area contributed by atoms with Gasteiger partial charge in [0.05, 0.1) is 11.9 Å². The second-order valence-corrected chi connectivity index (χ2v) is 6.72. The molecule has 1 fully saturated rings. The molecule has 0 bridgehead atoms. The van der Waals surface area contributed by atoms with Crippen LogP contribution in [-0.2, 0) is 19.4 Å². The molecule has 0 heterocycles. The Balaban J connectivity index is 2.61. The number of hydrogen-bond acceptors (Lipinski definition) is 4. The zero-order chi connectivity index (χ0) is 12.9. The van der Waals surface area contributed by atoms with Crippen LogP contribution in [0.3, 0.4) is 0 Å². The number of ether oxygens (including phenoxy) is 1. The van der Waals surface area contributed by atoms with Crippen molar-refractivity contribution in [1.82, 2.24) is 0 Å². The number of methoxy groups -OCH3 is 1. The fraction of sp³-hybridized carbons (Fsp3) is 0.750. The maximum Gasteiger partial charge on any atom is 0.150 e. The highest BCUT2D eigenvalue weighted by molar-refractivity contribution is 7.90. The van der Waals surface area contributed by atoms with Gasteiger partial charge in [-0.15, -0.1) is 0 Å². The molecule has 0 radical (unpaired) electrons. The molecule has 5 heteroatoms. The summed E-state index contributed by atoms with van der Waals surface area (Å²) < 4.78 is 27.2. The van der Waals surface area contributed by atoms with Crippen LogP contribution in [0, 0.1) is 5.92 Å². The van der Waals surface area contributed by atoms with E-state index in [9.17, 15) is 13.2 Å². The van der Waals surface area contributed by atoms with Crippen molar-refractivity contribution in [2.24, 2.45) is 5.92 Å². The summed E-state index contributed by atoms with van der Waals surface area (Å²) in [5, 5.41) is 0. The van der Waals surface area contributed by atoms with Crippen molar-refractivity contribution in [2.75, 3.05) is 19.1 Å². The molecule has 0 saturated heterocycles. The van der Waals surface area contributed by atoms with Gasteiger partial charge in [0.15, 0.2) is 9.84 Å². The molecule has 0 unspecified atom stereocenters. The highest BCUT2D eigenvalue weighted by Crippen LogP contribution is 2.25. The zero-order valence-corrected chi connectivity index (χ0v) is 11.2.